The number of carboxylic acid groups (broad SMARTS) is 1. The van der Waals surface area contributed by atoms with Gasteiger partial charge in [0.25, 0.3) is 0 Å². The Labute approximate surface area is 60.2 Å². The highest BCUT2D eigenvalue weighted by atomic mass is 16.4. The molecule has 3 nitrogen and oxygen atoms in total. The van der Waals surface area contributed by atoms with Crippen LogP contribution in [0.2, 0.25) is 0 Å². The standard InChI is InChI=1S/C7H13NO2/c1-4(2-7(9)10)5-3-6(5)8/h4-6H,2-3,8H2,1H3,(H,9,10). The summed E-state index contributed by atoms with van der Waals surface area (Å²) in [5.74, 6) is 0.00944. The van der Waals surface area contributed by atoms with Crippen LogP contribution >= 0.6 is 0 Å². The maximum atomic E-state index is 10.2. The predicted octanol–water partition coefficient (Wildman–Crippen LogP) is 0.444. The zero-order chi connectivity index (χ0) is 7.72. The third kappa shape index (κ3) is 1.70. The van der Waals surface area contributed by atoms with Crippen molar-refractivity contribution in [1.82, 2.24) is 0 Å². The molecule has 0 bridgehead atoms. The molecule has 0 aromatic carbocycles. The molecular weight excluding hydrogens is 130 g/mol. The Hall–Kier alpha value is -0.570. The van der Waals surface area contributed by atoms with Crippen LogP contribution in [0.5, 0.6) is 0 Å². The van der Waals surface area contributed by atoms with Gasteiger partial charge in [-0.25, -0.2) is 0 Å². The van der Waals surface area contributed by atoms with Gasteiger partial charge in [-0.3, -0.25) is 4.79 Å². The van der Waals surface area contributed by atoms with Crippen molar-refractivity contribution < 1.29 is 9.90 Å². The summed E-state index contributed by atoms with van der Waals surface area (Å²) >= 11 is 0. The predicted molar refractivity (Wildman–Crippen MR) is 37.5 cm³/mol. The monoisotopic (exact) mass is 143 g/mol. The number of nitrogens with two attached hydrogens (primary N) is 1. The van der Waals surface area contributed by atoms with E-state index in [1.165, 1.54) is 0 Å². The molecule has 0 aliphatic heterocycles. The van der Waals surface area contributed by atoms with Crippen molar-refractivity contribution >= 4 is 5.97 Å². The lowest BCUT2D eigenvalue weighted by molar-refractivity contribution is -0.138. The molecule has 3 atom stereocenters. The Balaban J connectivity index is 2.22. The first kappa shape index (κ1) is 7.54. The number of carboxylic acids is 1. The number of rotatable bonds is 3. The largest absolute Gasteiger partial charge is 0.481 e. The Morgan fingerprint density at radius 2 is 2.40 bits per heavy atom. The minimum absolute atomic E-state index is 0.257. The minimum Gasteiger partial charge on any atom is -0.481 e. The second-order valence-corrected chi connectivity index (χ2v) is 3.14. The van der Waals surface area contributed by atoms with Gasteiger partial charge in [-0.05, 0) is 18.3 Å². The van der Waals surface area contributed by atoms with E-state index in [0.717, 1.165) is 6.42 Å². The normalized spacial score (nSPS) is 33.4. The van der Waals surface area contributed by atoms with Gasteiger partial charge in [-0.1, -0.05) is 6.92 Å². The molecule has 1 fully saturated rings. The summed E-state index contributed by atoms with van der Waals surface area (Å²) in [6, 6.07) is 0.273. The van der Waals surface area contributed by atoms with Crippen LogP contribution in [-0.4, -0.2) is 17.1 Å². The number of carbonyl (C=O) groups is 1. The van der Waals surface area contributed by atoms with Crippen molar-refractivity contribution in [2.24, 2.45) is 17.6 Å². The molecule has 3 unspecified atom stereocenters. The van der Waals surface area contributed by atoms with Gasteiger partial charge >= 0.3 is 5.97 Å². The van der Waals surface area contributed by atoms with Gasteiger partial charge in [0.2, 0.25) is 0 Å². The fraction of sp³-hybridized carbons (Fsp3) is 0.857. The summed E-state index contributed by atoms with van der Waals surface area (Å²) in [6.45, 7) is 1.95. The van der Waals surface area contributed by atoms with E-state index in [-0.39, 0.29) is 18.4 Å². The van der Waals surface area contributed by atoms with Gasteiger partial charge in [0.1, 0.15) is 0 Å². The maximum Gasteiger partial charge on any atom is 0.303 e. The minimum atomic E-state index is -0.716. The lowest BCUT2D eigenvalue weighted by atomic mass is 10.0. The average Bonchev–Trinajstić information content (AvgIpc) is 2.44. The number of hydrogen-bond acceptors (Lipinski definition) is 2. The van der Waals surface area contributed by atoms with E-state index in [9.17, 15) is 4.79 Å². The average molecular weight is 143 g/mol. The summed E-state index contributed by atoms with van der Waals surface area (Å²) < 4.78 is 0. The Morgan fingerprint density at radius 1 is 1.90 bits per heavy atom. The Morgan fingerprint density at radius 3 is 2.70 bits per heavy atom. The van der Waals surface area contributed by atoms with E-state index < -0.39 is 5.97 Å². The molecule has 3 heteroatoms. The first-order chi connectivity index (χ1) is 4.61. The number of hydrogen-bond donors (Lipinski definition) is 2. The molecule has 0 spiro atoms. The van der Waals surface area contributed by atoms with Crippen molar-refractivity contribution in [3.05, 3.63) is 0 Å². The summed E-state index contributed by atoms with van der Waals surface area (Å²) in [5.41, 5.74) is 5.55. The van der Waals surface area contributed by atoms with Gasteiger partial charge in [0.05, 0.1) is 0 Å². The second kappa shape index (κ2) is 2.58. The summed E-state index contributed by atoms with van der Waals surface area (Å²) in [6.07, 6.45) is 1.27. The molecule has 1 aliphatic carbocycles. The third-order valence-electron chi connectivity index (χ3n) is 2.12. The van der Waals surface area contributed by atoms with Crippen LogP contribution in [0.1, 0.15) is 19.8 Å². The van der Waals surface area contributed by atoms with Crippen molar-refractivity contribution in [3.8, 4) is 0 Å². The summed E-state index contributed by atoms with van der Waals surface area (Å²) in [4.78, 5) is 10.2. The topological polar surface area (TPSA) is 63.3 Å². The summed E-state index contributed by atoms with van der Waals surface area (Å²) in [5, 5.41) is 8.41. The van der Waals surface area contributed by atoms with Gasteiger partial charge in [-0.2, -0.15) is 0 Å². The van der Waals surface area contributed by atoms with Crippen LogP contribution in [0.25, 0.3) is 0 Å². The molecule has 0 saturated heterocycles. The molecule has 1 saturated carbocycles. The van der Waals surface area contributed by atoms with Gasteiger partial charge < -0.3 is 10.8 Å². The SMILES string of the molecule is CC(CC(=O)O)C1CC1N. The zero-order valence-corrected chi connectivity index (χ0v) is 6.08. The maximum absolute atomic E-state index is 10.2. The molecule has 1 rings (SSSR count). The third-order valence-corrected chi connectivity index (χ3v) is 2.12. The highest BCUT2D eigenvalue weighted by Gasteiger charge is 2.38. The number of aliphatic carboxylic acids is 1. The Bertz CT molecular complexity index is 147. The Kier molecular flexibility index (Phi) is 1.94. The quantitative estimate of drug-likeness (QED) is 0.602. The highest BCUT2D eigenvalue weighted by molar-refractivity contribution is 5.67. The van der Waals surface area contributed by atoms with E-state index >= 15 is 0 Å². The first-order valence-electron chi connectivity index (χ1n) is 3.58. The van der Waals surface area contributed by atoms with Crippen LogP contribution in [0, 0.1) is 11.8 Å². The molecule has 0 amide bonds. The second-order valence-electron chi connectivity index (χ2n) is 3.14. The van der Waals surface area contributed by atoms with Crippen LogP contribution in [0.3, 0.4) is 0 Å². The molecular formula is C7H13NO2. The van der Waals surface area contributed by atoms with Gasteiger partial charge in [0, 0.05) is 12.5 Å². The molecule has 0 aromatic heterocycles. The van der Waals surface area contributed by atoms with Gasteiger partial charge in [0.15, 0.2) is 0 Å². The molecule has 0 radical (unpaired) electrons. The lowest BCUT2D eigenvalue weighted by Gasteiger charge is -2.04. The van der Waals surface area contributed by atoms with E-state index in [0.29, 0.717) is 5.92 Å². The lowest BCUT2D eigenvalue weighted by Crippen LogP contribution is -2.11. The van der Waals surface area contributed by atoms with E-state index in [2.05, 4.69) is 0 Å². The van der Waals surface area contributed by atoms with Crippen LogP contribution in [-0.2, 0) is 4.79 Å². The molecule has 0 aromatic rings. The van der Waals surface area contributed by atoms with Crippen molar-refractivity contribution in [1.29, 1.82) is 0 Å². The fourth-order valence-corrected chi connectivity index (χ4v) is 1.32. The van der Waals surface area contributed by atoms with Crippen molar-refractivity contribution in [2.75, 3.05) is 0 Å². The molecule has 0 heterocycles. The van der Waals surface area contributed by atoms with Crippen LogP contribution in [0.15, 0.2) is 0 Å². The highest BCUT2D eigenvalue weighted by Crippen LogP contribution is 2.36. The van der Waals surface area contributed by atoms with E-state index in [1.807, 2.05) is 6.92 Å². The zero-order valence-electron chi connectivity index (χ0n) is 6.08. The summed E-state index contributed by atoms with van der Waals surface area (Å²) in [7, 11) is 0. The van der Waals surface area contributed by atoms with Crippen molar-refractivity contribution in [3.63, 3.8) is 0 Å². The molecule has 1 aliphatic rings. The van der Waals surface area contributed by atoms with Crippen LogP contribution in [0.4, 0.5) is 0 Å². The first-order valence-corrected chi connectivity index (χ1v) is 3.58. The van der Waals surface area contributed by atoms with Crippen molar-refractivity contribution in [2.45, 2.75) is 25.8 Å². The van der Waals surface area contributed by atoms with E-state index in [1.54, 1.807) is 0 Å². The molecule has 10 heavy (non-hydrogen) atoms. The van der Waals surface area contributed by atoms with Gasteiger partial charge in [-0.15, -0.1) is 0 Å². The fourth-order valence-electron chi connectivity index (χ4n) is 1.32. The molecule has 3 N–H and O–H groups in total. The van der Waals surface area contributed by atoms with E-state index in [4.69, 9.17) is 10.8 Å². The van der Waals surface area contributed by atoms with Crippen LogP contribution < -0.4 is 5.73 Å². The smallest absolute Gasteiger partial charge is 0.303 e. The molecule has 58 valence electrons.